The van der Waals surface area contributed by atoms with Crippen LogP contribution in [0.1, 0.15) is 12.7 Å². The second-order valence-corrected chi connectivity index (χ2v) is 4.58. The Hall–Kier alpha value is -1.61. The molecule has 1 atom stereocenters. The van der Waals surface area contributed by atoms with Crippen LogP contribution in [0.5, 0.6) is 0 Å². The zero-order chi connectivity index (χ0) is 15.5. The highest BCUT2D eigenvalue weighted by atomic mass is 19.4. The molecule has 1 unspecified atom stereocenters. The number of nitrogens with zero attached hydrogens (tertiary/aromatic N) is 3. The van der Waals surface area contributed by atoms with Crippen molar-refractivity contribution in [3.8, 4) is 0 Å². The molecular formula is C12H17F3N4O2. The van der Waals surface area contributed by atoms with Gasteiger partial charge >= 0.3 is 6.18 Å². The van der Waals surface area contributed by atoms with E-state index in [9.17, 15) is 13.2 Å². The first-order chi connectivity index (χ1) is 9.94. The Bertz CT molecular complexity index is 484. The Morgan fingerprint density at radius 1 is 1.48 bits per heavy atom. The molecular weight excluding hydrogens is 289 g/mol. The SMILES string of the molecule is CCNc1cc(N2CCOC(CO)C2)nc(C(F)(F)F)n1. The number of anilines is 2. The molecule has 1 aliphatic rings. The van der Waals surface area contributed by atoms with E-state index in [4.69, 9.17) is 9.84 Å². The van der Waals surface area contributed by atoms with Gasteiger partial charge in [-0.3, -0.25) is 0 Å². The second kappa shape index (κ2) is 6.44. The summed E-state index contributed by atoms with van der Waals surface area (Å²) in [6, 6.07) is 1.47. The van der Waals surface area contributed by atoms with E-state index in [-0.39, 0.29) is 24.8 Å². The highest BCUT2D eigenvalue weighted by Crippen LogP contribution is 2.29. The largest absolute Gasteiger partial charge is 0.451 e. The fraction of sp³-hybridized carbons (Fsp3) is 0.667. The van der Waals surface area contributed by atoms with Crippen molar-refractivity contribution in [3.05, 3.63) is 11.9 Å². The summed E-state index contributed by atoms with van der Waals surface area (Å²) in [5, 5.41) is 11.9. The highest BCUT2D eigenvalue weighted by Gasteiger charge is 2.36. The van der Waals surface area contributed by atoms with Crippen LogP contribution in [0.15, 0.2) is 6.07 Å². The molecule has 0 aliphatic carbocycles. The third-order valence-electron chi connectivity index (χ3n) is 2.99. The first-order valence-corrected chi connectivity index (χ1v) is 6.61. The molecule has 1 saturated heterocycles. The number of morpholine rings is 1. The second-order valence-electron chi connectivity index (χ2n) is 4.58. The maximum Gasteiger partial charge on any atom is 0.451 e. The predicted octanol–water partition coefficient (Wildman–Crippen LogP) is 1.12. The molecule has 0 bridgehead atoms. The number of alkyl halides is 3. The first-order valence-electron chi connectivity index (χ1n) is 6.61. The van der Waals surface area contributed by atoms with Gasteiger partial charge in [-0.2, -0.15) is 13.2 Å². The van der Waals surface area contributed by atoms with E-state index in [2.05, 4.69) is 15.3 Å². The fourth-order valence-electron chi connectivity index (χ4n) is 2.03. The average molecular weight is 306 g/mol. The smallest absolute Gasteiger partial charge is 0.394 e. The average Bonchev–Trinajstić information content (AvgIpc) is 2.46. The fourth-order valence-corrected chi connectivity index (χ4v) is 2.03. The number of nitrogens with one attached hydrogen (secondary N) is 1. The van der Waals surface area contributed by atoms with Gasteiger partial charge in [-0.05, 0) is 6.92 Å². The molecule has 21 heavy (non-hydrogen) atoms. The quantitative estimate of drug-likeness (QED) is 0.869. The number of aliphatic hydroxyl groups excluding tert-OH is 1. The van der Waals surface area contributed by atoms with Crippen LogP contribution >= 0.6 is 0 Å². The van der Waals surface area contributed by atoms with Crippen molar-refractivity contribution < 1.29 is 23.0 Å². The van der Waals surface area contributed by atoms with Crippen LogP contribution in [0.25, 0.3) is 0 Å². The van der Waals surface area contributed by atoms with Crippen molar-refractivity contribution in [2.45, 2.75) is 19.2 Å². The van der Waals surface area contributed by atoms with Crippen LogP contribution in [0.4, 0.5) is 24.8 Å². The molecule has 1 aromatic heterocycles. The number of hydrogen-bond donors (Lipinski definition) is 2. The summed E-state index contributed by atoms with van der Waals surface area (Å²) in [7, 11) is 0. The van der Waals surface area contributed by atoms with Gasteiger partial charge in [0, 0.05) is 25.7 Å². The molecule has 0 radical (unpaired) electrons. The minimum absolute atomic E-state index is 0.127. The van der Waals surface area contributed by atoms with Gasteiger partial charge in [-0.25, -0.2) is 9.97 Å². The van der Waals surface area contributed by atoms with Gasteiger partial charge in [0.1, 0.15) is 11.6 Å². The van der Waals surface area contributed by atoms with E-state index in [1.807, 2.05) is 0 Å². The predicted molar refractivity (Wildman–Crippen MR) is 70.2 cm³/mol. The Morgan fingerprint density at radius 3 is 2.86 bits per heavy atom. The summed E-state index contributed by atoms with van der Waals surface area (Å²) in [5.41, 5.74) is 0. The van der Waals surface area contributed by atoms with E-state index in [1.54, 1.807) is 11.8 Å². The Labute approximate surface area is 119 Å². The number of halogens is 3. The van der Waals surface area contributed by atoms with Crippen LogP contribution in [0.3, 0.4) is 0 Å². The third-order valence-corrected chi connectivity index (χ3v) is 2.99. The van der Waals surface area contributed by atoms with Gasteiger partial charge in [0.2, 0.25) is 5.82 Å². The molecule has 1 aliphatic heterocycles. The standard InChI is InChI=1S/C12H17F3N4O2/c1-2-16-9-5-10(18-11(17-9)12(13,14)15)19-3-4-21-8(6-19)7-20/h5,8,20H,2-4,6-7H2,1H3,(H,16,17,18). The molecule has 2 N–H and O–H groups in total. The van der Waals surface area contributed by atoms with E-state index in [0.29, 0.717) is 19.7 Å². The third kappa shape index (κ3) is 3.94. The summed E-state index contributed by atoms with van der Waals surface area (Å²) in [4.78, 5) is 8.72. The lowest BCUT2D eigenvalue weighted by molar-refractivity contribution is -0.144. The Kier molecular flexibility index (Phi) is 4.84. The lowest BCUT2D eigenvalue weighted by Gasteiger charge is -2.33. The van der Waals surface area contributed by atoms with Crippen LogP contribution < -0.4 is 10.2 Å². The van der Waals surface area contributed by atoms with E-state index >= 15 is 0 Å². The number of rotatable bonds is 4. The summed E-state index contributed by atoms with van der Waals surface area (Å²) >= 11 is 0. The number of ether oxygens (including phenoxy) is 1. The number of aliphatic hydroxyl groups is 1. The molecule has 2 rings (SSSR count). The van der Waals surface area contributed by atoms with Gasteiger partial charge in [0.15, 0.2) is 0 Å². The van der Waals surface area contributed by atoms with Crippen molar-refractivity contribution >= 4 is 11.6 Å². The van der Waals surface area contributed by atoms with Crippen LogP contribution in [0.2, 0.25) is 0 Å². The summed E-state index contributed by atoms with van der Waals surface area (Å²) in [5.74, 6) is -0.875. The lowest BCUT2D eigenvalue weighted by atomic mass is 10.3. The Morgan fingerprint density at radius 2 is 2.24 bits per heavy atom. The van der Waals surface area contributed by atoms with Crippen molar-refractivity contribution in [2.75, 3.05) is 43.1 Å². The summed E-state index contributed by atoms with van der Waals surface area (Å²) in [6.07, 6.45) is -5.03. The zero-order valence-corrected chi connectivity index (χ0v) is 11.5. The maximum atomic E-state index is 12.9. The van der Waals surface area contributed by atoms with Crippen LogP contribution in [-0.2, 0) is 10.9 Å². The molecule has 1 fully saturated rings. The van der Waals surface area contributed by atoms with Crippen LogP contribution in [0, 0.1) is 0 Å². The van der Waals surface area contributed by atoms with Gasteiger partial charge in [-0.15, -0.1) is 0 Å². The molecule has 2 heterocycles. The minimum Gasteiger partial charge on any atom is -0.394 e. The normalized spacial score (nSPS) is 19.7. The van der Waals surface area contributed by atoms with Crippen molar-refractivity contribution in [3.63, 3.8) is 0 Å². The van der Waals surface area contributed by atoms with Crippen molar-refractivity contribution in [1.29, 1.82) is 0 Å². The lowest BCUT2D eigenvalue weighted by Crippen LogP contribution is -2.44. The van der Waals surface area contributed by atoms with Gasteiger partial charge < -0.3 is 20.1 Å². The molecule has 1 aromatic rings. The molecule has 0 saturated carbocycles. The molecule has 0 aromatic carbocycles. The number of aromatic nitrogens is 2. The molecule has 9 heteroatoms. The van der Waals surface area contributed by atoms with Crippen LogP contribution in [-0.4, -0.2) is 54.0 Å². The zero-order valence-electron chi connectivity index (χ0n) is 11.5. The highest BCUT2D eigenvalue weighted by molar-refractivity contribution is 5.50. The van der Waals surface area contributed by atoms with Crippen molar-refractivity contribution in [1.82, 2.24) is 9.97 Å². The first kappa shape index (κ1) is 15.8. The number of hydrogen-bond acceptors (Lipinski definition) is 6. The van der Waals surface area contributed by atoms with E-state index in [1.165, 1.54) is 6.07 Å². The minimum atomic E-state index is -4.61. The van der Waals surface area contributed by atoms with Gasteiger partial charge in [0.05, 0.1) is 19.3 Å². The summed E-state index contributed by atoms with van der Waals surface area (Å²) in [6.45, 7) is 3.06. The monoisotopic (exact) mass is 306 g/mol. The van der Waals surface area contributed by atoms with Gasteiger partial charge in [-0.1, -0.05) is 0 Å². The van der Waals surface area contributed by atoms with E-state index in [0.717, 1.165) is 0 Å². The maximum absolute atomic E-state index is 12.9. The molecule has 118 valence electrons. The molecule has 0 spiro atoms. The topological polar surface area (TPSA) is 70.5 Å². The van der Waals surface area contributed by atoms with Gasteiger partial charge in [0.25, 0.3) is 0 Å². The molecule has 6 nitrogen and oxygen atoms in total. The molecule has 0 amide bonds. The Balaban J connectivity index is 2.31. The van der Waals surface area contributed by atoms with Crippen molar-refractivity contribution in [2.24, 2.45) is 0 Å². The van der Waals surface area contributed by atoms with E-state index < -0.39 is 18.1 Å². The summed E-state index contributed by atoms with van der Waals surface area (Å²) < 4.78 is 43.9.